The van der Waals surface area contributed by atoms with Crippen molar-refractivity contribution in [2.24, 2.45) is 0 Å². The second-order valence-electron chi connectivity index (χ2n) is 10.3. The van der Waals surface area contributed by atoms with Gasteiger partial charge in [-0.25, -0.2) is 9.37 Å². The molecule has 0 saturated heterocycles. The Kier molecular flexibility index (Phi) is 10.0. The first-order chi connectivity index (χ1) is 21.3. The highest BCUT2D eigenvalue weighted by Gasteiger charge is 2.17. The topological polar surface area (TPSA) is 101 Å². The average molecular weight is 613 g/mol. The first-order valence-corrected chi connectivity index (χ1v) is 15.0. The molecule has 1 aromatic heterocycles. The van der Waals surface area contributed by atoms with Crippen LogP contribution in [0, 0.1) is 19.7 Å². The van der Waals surface area contributed by atoms with Gasteiger partial charge in [0.2, 0.25) is 0 Å². The van der Waals surface area contributed by atoms with Gasteiger partial charge < -0.3 is 19.7 Å². The number of aryl methyl sites for hydroxylation is 1. The smallest absolute Gasteiger partial charge is 0.323 e. The normalized spacial score (nSPS) is 11.7. The minimum absolute atomic E-state index is 0.156. The van der Waals surface area contributed by atoms with E-state index in [-0.39, 0.29) is 19.0 Å². The van der Waals surface area contributed by atoms with E-state index in [1.165, 1.54) is 34.6 Å². The fraction of sp³-hybridized carbons (Fsp3) is 0.200. The number of ether oxygens (including phenoxy) is 2. The Balaban J connectivity index is 1.34. The number of benzene rings is 4. The molecule has 0 radical (unpaired) electrons. The van der Waals surface area contributed by atoms with Crippen LogP contribution in [-0.2, 0) is 24.6 Å². The lowest BCUT2D eigenvalue weighted by molar-refractivity contribution is -0.140. The maximum Gasteiger partial charge on any atom is 0.323 e. The summed E-state index contributed by atoms with van der Waals surface area (Å²) in [6, 6.07) is 24.9. The molecule has 0 unspecified atom stereocenters. The number of carbonyl (C=O) groups is 1. The van der Waals surface area contributed by atoms with E-state index in [2.05, 4.69) is 48.4 Å². The first-order valence-electron chi connectivity index (χ1n) is 14.1. The molecular weight excluding hydrogens is 579 g/mol. The summed E-state index contributed by atoms with van der Waals surface area (Å²) in [4.78, 5) is 16.0. The Morgan fingerprint density at radius 1 is 0.932 bits per heavy atom. The lowest BCUT2D eigenvalue weighted by Crippen LogP contribution is -2.39. The number of aliphatic hydroxyl groups excluding tert-OH is 1. The molecule has 0 saturated carbocycles. The summed E-state index contributed by atoms with van der Waals surface area (Å²) in [5.41, 5.74) is 7.98. The van der Waals surface area contributed by atoms with Crippen LogP contribution in [0.2, 0.25) is 0 Å². The number of nitrogens with one attached hydrogen (secondary N) is 1. The molecule has 3 N–H and O–H groups in total. The minimum Gasteiger partial charge on any atom is -0.489 e. The maximum absolute atomic E-state index is 13.3. The van der Waals surface area contributed by atoms with Gasteiger partial charge in [0.15, 0.2) is 0 Å². The first kappa shape index (κ1) is 30.9. The average Bonchev–Trinajstić information content (AvgIpc) is 3.50. The molecule has 1 heterocycles. The van der Waals surface area contributed by atoms with Crippen molar-refractivity contribution < 1.29 is 28.9 Å². The van der Waals surface area contributed by atoms with E-state index in [0.29, 0.717) is 23.7 Å². The summed E-state index contributed by atoms with van der Waals surface area (Å²) >= 11 is 1.43. The Morgan fingerprint density at radius 3 is 2.45 bits per heavy atom. The van der Waals surface area contributed by atoms with Crippen molar-refractivity contribution in [1.29, 1.82) is 0 Å². The summed E-state index contributed by atoms with van der Waals surface area (Å²) in [6.45, 7) is 4.33. The van der Waals surface area contributed by atoms with Gasteiger partial charge in [0, 0.05) is 29.1 Å². The van der Waals surface area contributed by atoms with Crippen LogP contribution >= 0.6 is 11.3 Å². The number of carboxylic acid groups (broad SMARTS) is 1. The lowest BCUT2D eigenvalue weighted by atomic mass is 9.94. The summed E-state index contributed by atoms with van der Waals surface area (Å²) in [7, 11) is 0. The monoisotopic (exact) mass is 612 g/mol. The van der Waals surface area contributed by atoms with Crippen molar-refractivity contribution in [3.8, 4) is 33.9 Å². The molecule has 9 heteroatoms. The molecule has 1 atom stereocenters. The second-order valence-corrected chi connectivity index (χ2v) is 11.3. The summed E-state index contributed by atoms with van der Waals surface area (Å²) in [5, 5.41) is 24.2. The van der Waals surface area contributed by atoms with Gasteiger partial charge in [0.05, 0.1) is 12.3 Å². The van der Waals surface area contributed by atoms with E-state index in [0.717, 1.165) is 33.0 Å². The molecule has 0 spiro atoms. The van der Waals surface area contributed by atoms with Gasteiger partial charge in [-0.1, -0.05) is 48.5 Å². The van der Waals surface area contributed by atoms with Gasteiger partial charge in [-0.15, -0.1) is 11.3 Å². The zero-order chi connectivity index (χ0) is 31.1. The Morgan fingerprint density at radius 2 is 1.70 bits per heavy atom. The van der Waals surface area contributed by atoms with Crippen LogP contribution in [-0.4, -0.2) is 33.8 Å². The maximum atomic E-state index is 13.3. The molecule has 4 aromatic carbocycles. The summed E-state index contributed by atoms with van der Waals surface area (Å²) < 4.78 is 25.7. The summed E-state index contributed by atoms with van der Waals surface area (Å²) in [5.74, 6) is -0.362. The Bertz CT molecular complexity index is 1740. The van der Waals surface area contributed by atoms with E-state index in [1.807, 2.05) is 35.7 Å². The third-order valence-corrected chi connectivity index (χ3v) is 8.20. The van der Waals surface area contributed by atoms with E-state index >= 15 is 0 Å². The number of halogens is 1. The predicted molar refractivity (Wildman–Crippen MR) is 169 cm³/mol. The van der Waals surface area contributed by atoms with E-state index in [1.54, 1.807) is 18.2 Å². The zero-order valence-electron chi connectivity index (χ0n) is 24.4. The highest BCUT2D eigenvalue weighted by molar-refractivity contribution is 7.09. The standard InChI is InChI=1S/C35H33FN2O5S/c1-22-6-3-4-8-29(22)30-9-5-7-26(23(30)2)19-42-28-15-12-25(17-37-31(18-39)35(40)41)33(16-28)43-20-34-38-32(21-44-34)24-10-13-27(36)14-11-24/h3-16,21,31,37,39H,17-20H2,1-2H3,(H,40,41)/t31-/m1/s1. The van der Waals surface area contributed by atoms with Crippen LogP contribution in [0.15, 0.2) is 90.3 Å². The SMILES string of the molecule is Cc1ccccc1-c1cccc(COc2ccc(CN[C@H](CO)C(=O)O)c(OCc3nc(-c4ccc(F)cc4)cs3)c2)c1C. The molecule has 5 aromatic rings. The van der Waals surface area contributed by atoms with Crippen molar-refractivity contribution in [3.63, 3.8) is 0 Å². The van der Waals surface area contributed by atoms with Crippen molar-refractivity contribution in [2.45, 2.75) is 39.6 Å². The molecule has 0 fully saturated rings. The number of thiazole rings is 1. The largest absolute Gasteiger partial charge is 0.489 e. The molecule has 0 bridgehead atoms. The van der Waals surface area contributed by atoms with Crippen LogP contribution in [0.3, 0.4) is 0 Å². The van der Waals surface area contributed by atoms with Crippen LogP contribution < -0.4 is 14.8 Å². The zero-order valence-corrected chi connectivity index (χ0v) is 25.2. The lowest BCUT2D eigenvalue weighted by Gasteiger charge is -2.17. The minimum atomic E-state index is -1.14. The van der Waals surface area contributed by atoms with Gasteiger partial charge in [-0.3, -0.25) is 10.1 Å². The number of carboxylic acids is 1. The number of hydrogen-bond acceptors (Lipinski definition) is 7. The molecule has 0 amide bonds. The van der Waals surface area contributed by atoms with Gasteiger partial charge >= 0.3 is 5.97 Å². The molecule has 7 nitrogen and oxygen atoms in total. The molecule has 226 valence electrons. The molecular formula is C35H33FN2O5S. The number of aliphatic hydroxyl groups is 1. The Labute approximate surface area is 259 Å². The molecule has 0 aliphatic rings. The van der Waals surface area contributed by atoms with Crippen molar-refractivity contribution in [1.82, 2.24) is 10.3 Å². The van der Waals surface area contributed by atoms with Gasteiger partial charge in [0.1, 0.15) is 41.6 Å². The molecule has 5 rings (SSSR count). The number of nitrogens with zero attached hydrogens (tertiary/aromatic N) is 1. The van der Waals surface area contributed by atoms with Crippen molar-refractivity contribution >= 4 is 17.3 Å². The number of aliphatic carboxylic acids is 1. The van der Waals surface area contributed by atoms with Gasteiger partial charge in [-0.05, 0) is 72.0 Å². The number of aromatic nitrogens is 1. The Hall–Kier alpha value is -4.57. The van der Waals surface area contributed by atoms with Crippen LogP contribution in [0.1, 0.15) is 27.3 Å². The highest BCUT2D eigenvalue weighted by Crippen LogP contribution is 2.31. The molecule has 0 aliphatic carbocycles. The van der Waals surface area contributed by atoms with Crippen LogP contribution in [0.4, 0.5) is 4.39 Å². The quantitative estimate of drug-likeness (QED) is 0.133. The second kappa shape index (κ2) is 14.3. The van der Waals surface area contributed by atoms with Crippen LogP contribution in [0.25, 0.3) is 22.4 Å². The van der Waals surface area contributed by atoms with Gasteiger partial charge in [-0.2, -0.15) is 0 Å². The third kappa shape index (κ3) is 7.49. The number of rotatable bonds is 13. The highest BCUT2D eigenvalue weighted by atomic mass is 32.1. The van der Waals surface area contributed by atoms with E-state index in [4.69, 9.17) is 9.47 Å². The van der Waals surface area contributed by atoms with Gasteiger partial charge in [0.25, 0.3) is 0 Å². The third-order valence-electron chi connectivity index (χ3n) is 7.38. The van der Waals surface area contributed by atoms with Crippen LogP contribution in [0.5, 0.6) is 11.5 Å². The fourth-order valence-corrected chi connectivity index (χ4v) is 5.52. The predicted octanol–water partition coefficient (Wildman–Crippen LogP) is 6.93. The molecule has 0 aliphatic heterocycles. The summed E-state index contributed by atoms with van der Waals surface area (Å²) in [6.07, 6.45) is 0. The van der Waals surface area contributed by atoms with Crippen molar-refractivity contribution in [2.75, 3.05) is 6.61 Å². The van der Waals surface area contributed by atoms with Crippen molar-refractivity contribution in [3.05, 3.63) is 123 Å². The van der Waals surface area contributed by atoms with E-state index < -0.39 is 18.6 Å². The van der Waals surface area contributed by atoms with E-state index in [9.17, 15) is 19.4 Å². The molecule has 44 heavy (non-hydrogen) atoms. The fourth-order valence-electron chi connectivity index (χ4n) is 4.81. The number of hydrogen-bond donors (Lipinski definition) is 3.